The van der Waals surface area contributed by atoms with Crippen LogP contribution in [0.4, 0.5) is 16.0 Å². The maximum atomic E-state index is 14.6. The third kappa shape index (κ3) is 3.60. The highest BCUT2D eigenvalue weighted by Crippen LogP contribution is 2.41. The molecule has 1 aliphatic carbocycles. The lowest BCUT2D eigenvalue weighted by Crippen LogP contribution is -2.36. The first kappa shape index (κ1) is 21.9. The number of aromatic nitrogens is 5. The fourth-order valence-electron chi connectivity index (χ4n) is 4.92. The molecular weight excluding hydrogens is 449 g/mol. The van der Waals surface area contributed by atoms with Gasteiger partial charge in [-0.1, -0.05) is 6.07 Å². The summed E-state index contributed by atoms with van der Waals surface area (Å²) in [6, 6.07) is 8.95. The van der Waals surface area contributed by atoms with Crippen molar-refractivity contribution in [2.75, 3.05) is 11.9 Å². The summed E-state index contributed by atoms with van der Waals surface area (Å²) in [5.74, 6) is 0.104. The van der Waals surface area contributed by atoms with Crippen LogP contribution >= 0.6 is 0 Å². The zero-order chi connectivity index (χ0) is 24.2. The van der Waals surface area contributed by atoms with Crippen LogP contribution in [0.2, 0.25) is 0 Å². The topological polar surface area (TPSA) is 110 Å². The Labute approximate surface area is 200 Å². The van der Waals surface area contributed by atoms with E-state index < -0.39 is 11.4 Å². The van der Waals surface area contributed by atoms with Gasteiger partial charge in [0.25, 0.3) is 5.56 Å². The van der Waals surface area contributed by atoms with E-state index in [-0.39, 0.29) is 11.3 Å². The number of hydrogen-bond donors (Lipinski definition) is 3. The van der Waals surface area contributed by atoms with Gasteiger partial charge in [0.15, 0.2) is 11.5 Å². The summed E-state index contributed by atoms with van der Waals surface area (Å²) >= 11 is 0. The Morgan fingerprint density at radius 1 is 1.20 bits per heavy atom. The third-order valence-electron chi connectivity index (χ3n) is 6.99. The lowest BCUT2D eigenvalue weighted by molar-refractivity contribution is -0.0457. The molecule has 0 amide bonds. The average molecular weight is 476 g/mol. The largest absolute Gasteiger partial charge is 0.383 e. The van der Waals surface area contributed by atoms with E-state index in [0.29, 0.717) is 42.2 Å². The Morgan fingerprint density at radius 3 is 2.83 bits per heavy atom. The van der Waals surface area contributed by atoms with Crippen LogP contribution in [0.15, 0.2) is 41.3 Å². The van der Waals surface area contributed by atoms with E-state index in [9.17, 15) is 14.3 Å². The van der Waals surface area contributed by atoms with Gasteiger partial charge in [0.2, 0.25) is 5.95 Å². The van der Waals surface area contributed by atoms with Crippen molar-refractivity contribution in [3.05, 3.63) is 69.5 Å². The predicted molar refractivity (Wildman–Crippen MR) is 129 cm³/mol. The molecule has 35 heavy (non-hydrogen) atoms. The molecule has 4 heterocycles. The number of hydrogen-bond acceptors (Lipinski definition) is 7. The lowest BCUT2D eigenvalue weighted by atomic mass is 9.77. The molecule has 3 N–H and O–H groups in total. The Balaban J connectivity index is 1.45. The summed E-state index contributed by atoms with van der Waals surface area (Å²) in [4.78, 5) is 26.6. The van der Waals surface area contributed by atoms with Gasteiger partial charge in [0.1, 0.15) is 22.5 Å². The fraction of sp³-hybridized carbons (Fsp3) is 0.360. The lowest BCUT2D eigenvalue weighted by Gasteiger charge is -2.36. The summed E-state index contributed by atoms with van der Waals surface area (Å²) in [6.45, 7) is 4.00. The van der Waals surface area contributed by atoms with Gasteiger partial charge < -0.3 is 15.7 Å². The second-order valence-electron chi connectivity index (χ2n) is 9.18. The number of pyridine rings is 1. The molecule has 0 bridgehead atoms. The van der Waals surface area contributed by atoms with Crippen molar-refractivity contribution < 1.29 is 9.50 Å². The number of aliphatic hydroxyl groups is 1. The van der Waals surface area contributed by atoms with Crippen LogP contribution in [0.5, 0.6) is 0 Å². The van der Waals surface area contributed by atoms with Crippen molar-refractivity contribution in [1.29, 1.82) is 0 Å². The number of nitrogens with one attached hydrogen (secondary N) is 2. The summed E-state index contributed by atoms with van der Waals surface area (Å²) in [7, 11) is 0. The molecule has 0 spiro atoms. The van der Waals surface area contributed by atoms with Crippen molar-refractivity contribution in [2.24, 2.45) is 0 Å². The van der Waals surface area contributed by atoms with Crippen molar-refractivity contribution in [2.45, 2.75) is 51.3 Å². The normalized spacial score (nSPS) is 16.7. The molecule has 9 nitrogen and oxygen atoms in total. The molecule has 0 unspecified atom stereocenters. The summed E-state index contributed by atoms with van der Waals surface area (Å²) in [5.41, 5.74) is 2.26. The molecule has 6 rings (SSSR count). The number of fused-ring (bicyclic) bond motifs is 2. The van der Waals surface area contributed by atoms with E-state index in [2.05, 4.69) is 37.7 Å². The molecule has 0 atom stereocenters. The molecule has 2 aliphatic rings. The first-order valence-electron chi connectivity index (χ1n) is 11.9. The number of rotatable bonds is 5. The first-order chi connectivity index (χ1) is 17.0. The van der Waals surface area contributed by atoms with E-state index in [0.717, 1.165) is 31.6 Å². The Hall–Kier alpha value is -3.63. The van der Waals surface area contributed by atoms with Gasteiger partial charge in [0, 0.05) is 25.0 Å². The van der Waals surface area contributed by atoms with Crippen LogP contribution in [-0.4, -0.2) is 36.0 Å². The zero-order valence-corrected chi connectivity index (χ0v) is 19.4. The number of anilines is 2. The highest BCUT2D eigenvalue weighted by Gasteiger charge is 2.40. The van der Waals surface area contributed by atoms with Crippen LogP contribution in [0.25, 0.3) is 16.9 Å². The molecule has 3 aromatic heterocycles. The van der Waals surface area contributed by atoms with E-state index >= 15 is 0 Å². The van der Waals surface area contributed by atoms with Gasteiger partial charge in [-0.15, -0.1) is 0 Å². The number of halogens is 1. The molecule has 10 heteroatoms. The Kier molecular flexibility index (Phi) is 5.15. The second-order valence-corrected chi connectivity index (χ2v) is 9.18. The number of nitrogens with zero attached hydrogens (tertiary/aromatic N) is 5. The molecule has 1 aliphatic heterocycles. The minimum atomic E-state index is -1.27. The van der Waals surface area contributed by atoms with Crippen LogP contribution < -0.4 is 16.2 Å². The van der Waals surface area contributed by atoms with E-state index in [1.54, 1.807) is 4.68 Å². The minimum Gasteiger partial charge on any atom is -0.383 e. The molecular formula is C25H26FN7O2. The van der Waals surface area contributed by atoms with Crippen LogP contribution in [-0.2, 0) is 25.1 Å². The van der Waals surface area contributed by atoms with Gasteiger partial charge in [-0.3, -0.25) is 4.79 Å². The highest BCUT2D eigenvalue weighted by atomic mass is 19.1. The molecule has 0 radical (unpaired) electrons. The molecule has 4 aromatic rings. The van der Waals surface area contributed by atoms with Gasteiger partial charge in [-0.05, 0) is 74.5 Å². The van der Waals surface area contributed by atoms with Gasteiger partial charge >= 0.3 is 0 Å². The standard InChI is InChI=1S/C25H26FN7O2/c1-2-32-23(34)18-14-28-24(29-17-5-4-16-13-27-11-8-15(16)12-17)31-22(18)33(32)20-7-6-19(26)21(30-20)25(35)9-3-10-25/h4-7,12,14,27,35H,2-3,8-11,13H2,1H3,(H,28,29,31). The third-order valence-corrected chi connectivity index (χ3v) is 6.99. The molecule has 180 valence electrons. The van der Waals surface area contributed by atoms with Crippen LogP contribution in [0, 0.1) is 5.82 Å². The molecule has 1 fully saturated rings. The van der Waals surface area contributed by atoms with Gasteiger partial charge in [0.05, 0.1) is 0 Å². The molecule has 1 aromatic carbocycles. The summed E-state index contributed by atoms with van der Waals surface area (Å²) in [6.07, 6.45) is 4.19. The van der Waals surface area contributed by atoms with E-state index in [1.165, 1.54) is 34.1 Å². The first-order valence-corrected chi connectivity index (χ1v) is 11.9. The maximum Gasteiger partial charge on any atom is 0.278 e. The number of benzene rings is 1. The fourth-order valence-corrected chi connectivity index (χ4v) is 4.92. The van der Waals surface area contributed by atoms with E-state index in [1.807, 2.05) is 13.0 Å². The van der Waals surface area contributed by atoms with Crippen LogP contribution in [0.1, 0.15) is 43.0 Å². The SMILES string of the molecule is CCn1c(=O)c2cnc(Nc3ccc4c(c3)CCNC4)nc2n1-c1ccc(F)c(C2(O)CCC2)n1. The quantitative estimate of drug-likeness (QED) is 0.407. The molecule has 0 saturated heterocycles. The maximum absolute atomic E-state index is 14.6. The van der Waals surface area contributed by atoms with Gasteiger partial charge in [-0.2, -0.15) is 4.98 Å². The molecule has 1 saturated carbocycles. The average Bonchev–Trinajstić information content (AvgIpc) is 3.13. The monoisotopic (exact) mass is 475 g/mol. The Morgan fingerprint density at radius 2 is 2.06 bits per heavy atom. The highest BCUT2D eigenvalue weighted by molar-refractivity contribution is 5.77. The smallest absolute Gasteiger partial charge is 0.278 e. The Bertz CT molecular complexity index is 1510. The minimum absolute atomic E-state index is 0.00848. The van der Waals surface area contributed by atoms with Crippen molar-refractivity contribution >= 4 is 22.7 Å². The summed E-state index contributed by atoms with van der Waals surface area (Å²) < 4.78 is 17.7. The van der Waals surface area contributed by atoms with Crippen molar-refractivity contribution in [3.63, 3.8) is 0 Å². The van der Waals surface area contributed by atoms with E-state index in [4.69, 9.17) is 0 Å². The summed E-state index contributed by atoms with van der Waals surface area (Å²) in [5, 5.41) is 17.7. The second kappa shape index (κ2) is 8.24. The van der Waals surface area contributed by atoms with Gasteiger partial charge in [-0.25, -0.2) is 23.7 Å². The predicted octanol–water partition coefficient (Wildman–Crippen LogP) is 2.90. The zero-order valence-electron chi connectivity index (χ0n) is 19.4. The van der Waals surface area contributed by atoms with Crippen LogP contribution in [0.3, 0.4) is 0 Å². The van der Waals surface area contributed by atoms with Crippen molar-refractivity contribution in [3.8, 4) is 5.82 Å². The van der Waals surface area contributed by atoms with Crippen molar-refractivity contribution in [1.82, 2.24) is 29.6 Å².